The molecule has 106 valence electrons. The first-order valence-corrected chi connectivity index (χ1v) is 6.88. The lowest BCUT2D eigenvalue weighted by Gasteiger charge is -2.08. The van der Waals surface area contributed by atoms with E-state index in [-0.39, 0.29) is 11.4 Å². The molecule has 0 bridgehead atoms. The van der Waals surface area contributed by atoms with Crippen molar-refractivity contribution in [1.82, 2.24) is 10.2 Å². The Morgan fingerprint density at radius 1 is 1.30 bits per heavy atom. The van der Waals surface area contributed by atoms with Crippen LogP contribution < -0.4 is 10.3 Å². The van der Waals surface area contributed by atoms with Gasteiger partial charge in [0.15, 0.2) is 5.82 Å². The van der Waals surface area contributed by atoms with Crippen molar-refractivity contribution in [1.29, 1.82) is 0 Å². The van der Waals surface area contributed by atoms with E-state index in [0.717, 1.165) is 24.3 Å². The molecule has 0 spiro atoms. The van der Waals surface area contributed by atoms with E-state index < -0.39 is 32.9 Å². The molecule has 0 unspecified atom stereocenters. The highest BCUT2D eigenvalue weighted by molar-refractivity contribution is 7.92. The Morgan fingerprint density at radius 2 is 2.05 bits per heavy atom. The molecule has 2 rings (SSSR count). The minimum atomic E-state index is -4.17. The molecule has 0 amide bonds. The van der Waals surface area contributed by atoms with Crippen LogP contribution >= 0.6 is 0 Å². The quantitative estimate of drug-likeness (QED) is 0.746. The Labute approximate surface area is 113 Å². The summed E-state index contributed by atoms with van der Waals surface area (Å²) in [6, 6.07) is 5.48. The number of hydrogen-bond acceptors (Lipinski definition) is 5. The molecule has 0 atom stereocenters. The summed E-state index contributed by atoms with van der Waals surface area (Å²) in [6.45, 7) is -0.397. The number of rotatable bonds is 4. The normalized spacial score (nSPS) is 11.3. The predicted molar refractivity (Wildman–Crippen MR) is 68.0 cm³/mol. The zero-order chi connectivity index (χ0) is 14.8. The monoisotopic (exact) mass is 299 g/mol. The molecule has 0 fully saturated rings. The molecule has 0 saturated carbocycles. The van der Waals surface area contributed by atoms with Crippen LogP contribution in [-0.2, 0) is 16.6 Å². The van der Waals surface area contributed by atoms with Crippen molar-refractivity contribution in [3.63, 3.8) is 0 Å². The number of H-pyrrole nitrogens is 1. The van der Waals surface area contributed by atoms with Gasteiger partial charge in [-0.15, -0.1) is 0 Å². The van der Waals surface area contributed by atoms with Crippen LogP contribution in [0.3, 0.4) is 0 Å². The van der Waals surface area contributed by atoms with Crippen LogP contribution in [0.2, 0.25) is 0 Å². The number of aliphatic hydroxyl groups is 1. The average Bonchev–Trinajstić information content (AvgIpc) is 2.40. The molecule has 0 aliphatic carbocycles. The number of halogens is 1. The number of aromatic amines is 1. The summed E-state index contributed by atoms with van der Waals surface area (Å²) in [6.07, 6.45) is 0. The molecule has 0 aliphatic rings. The van der Waals surface area contributed by atoms with Crippen molar-refractivity contribution in [3.05, 3.63) is 52.1 Å². The van der Waals surface area contributed by atoms with Gasteiger partial charge >= 0.3 is 0 Å². The van der Waals surface area contributed by atoms with Crippen LogP contribution in [-0.4, -0.2) is 23.7 Å². The van der Waals surface area contributed by atoms with Crippen LogP contribution in [0.1, 0.15) is 5.56 Å². The maximum Gasteiger partial charge on any atom is 0.266 e. The molecule has 0 saturated heterocycles. The Morgan fingerprint density at radius 3 is 2.60 bits per heavy atom. The first-order valence-electron chi connectivity index (χ1n) is 5.40. The number of sulfonamides is 1. The number of nitrogens with zero attached hydrogens (tertiary/aromatic N) is 1. The second-order valence-electron chi connectivity index (χ2n) is 3.83. The largest absolute Gasteiger partial charge is 0.392 e. The van der Waals surface area contributed by atoms with E-state index in [1.54, 1.807) is 0 Å². The summed E-state index contributed by atoms with van der Waals surface area (Å²) in [5, 5.41) is 14.4. The molecule has 3 N–H and O–H groups in total. The fraction of sp³-hybridized carbons (Fsp3) is 0.0909. The molecular weight excluding hydrogens is 289 g/mol. The Balaban J connectivity index is 2.35. The second kappa shape index (κ2) is 5.39. The van der Waals surface area contributed by atoms with Gasteiger partial charge in [-0.2, -0.15) is 5.10 Å². The maximum atomic E-state index is 13.7. The van der Waals surface area contributed by atoms with Gasteiger partial charge in [0.25, 0.3) is 15.6 Å². The minimum absolute atomic E-state index is 0.143. The summed E-state index contributed by atoms with van der Waals surface area (Å²) in [7, 11) is -4.17. The van der Waals surface area contributed by atoms with Gasteiger partial charge in [-0.05, 0) is 23.8 Å². The molecule has 1 heterocycles. The van der Waals surface area contributed by atoms with Crippen LogP contribution in [0.25, 0.3) is 0 Å². The fourth-order valence-electron chi connectivity index (χ4n) is 1.45. The van der Waals surface area contributed by atoms with Crippen LogP contribution in [0, 0.1) is 5.82 Å². The van der Waals surface area contributed by atoms with Gasteiger partial charge in [-0.1, -0.05) is 6.07 Å². The molecule has 0 radical (unpaired) electrons. The van der Waals surface area contributed by atoms with Gasteiger partial charge in [0, 0.05) is 6.07 Å². The molecule has 9 heteroatoms. The van der Waals surface area contributed by atoms with Gasteiger partial charge in [0.2, 0.25) is 0 Å². The average molecular weight is 299 g/mol. The van der Waals surface area contributed by atoms with Crippen molar-refractivity contribution in [3.8, 4) is 0 Å². The van der Waals surface area contributed by atoms with Crippen molar-refractivity contribution in [2.24, 2.45) is 0 Å². The van der Waals surface area contributed by atoms with Crippen molar-refractivity contribution < 1.29 is 17.9 Å². The zero-order valence-corrected chi connectivity index (χ0v) is 10.8. The van der Waals surface area contributed by atoms with Crippen LogP contribution in [0.4, 0.5) is 10.2 Å². The number of hydrogen-bond donors (Lipinski definition) is 3. The number of aromatic nitrogens is 2. The van der Waals surface area contributed by atoms with Gasteiger partial charge in [-0.3, -0.25) is 9.52 Å². The molecule has 2 aromatic rings. The molecule has 7 nitrogen and oxygen atoms in total. The number of nitrogens with one attached hydrogen (secondary N) is 2. The van der Waals surface area contributed by atoms with Crippen molar-refractivity contribution in [2.45, 2.75) is 11.5 Å². The van der Waals surface area contributed by atoms with E-state index >= 15 is 0 Å². The van der Waals surface area contributed by atoms with Gasteiger partial charge in [-0.25, -0.2) is 17.9 Å². The Kier molecular flexibility index (Phi) is 3.81. The van der Waals surface area contributed by atoms with E-state index in [9.17, 15) is 17.6 Å². The summed E-state index contributed by atoms with van der Waals surface area (Å²) in [5.74, 6) is -1.14. The summed E-state index contributed by atoms with van der Waals surface area (Å²) < 4.78 is 39.6. The van der Waals surface area contributed by atoms with E-state index in [4.69, 9.17) is 5.11 Å². The number of anilines is 1. The molecular formula is C11H10FN3O4S. The maximum absolute atomic E-state index is 13.7. The lowest BCUT2D eigenvalue weighted by molar-refractivity contribution is 0.281. The van der Waals surface area contributed by atoms with Gasteiger partial charge in [0.05, 0.1) is 6.61 Å². The predicted octanol–water partition coefficient (Wildman–Crippen LogP) is 0.202. The summed E-state index contributed by atoms with van der Waals surface area (Å²) in [5.41, 5.74) is -0.241. The SMILES string of the molecule is O=c1ccc(NS(=O)(=O)c2ccc(CO)cc2F)n[nH]1. The first kappa shape index (κ1) is 14.2. The number of aliphatic hydroxyl groups excluding tert-OH is 1. The standard InChI is InChI=1S/C11H10FN3O4S/c12-8-5-7(6-16)1-2-9(8)20(18,19)15-10-3-4-11(17)14-13-10/h1-5,16H,6H2,(H,13,15)(H,14,17). The third kappa shape index (κ3) is 3.00. The van der Waals surface area contributed by atoms with E-state index in [1.165, 1.54) is 6.07 Å². The third-order valence-corrected chi connectivity index (χ3v) is 3.77. The minimum Gasteiger partial charge on any atom is -0.392 e. The van der Waals surface area contributed by atoms with Crippen molar-refractivity contribution in [2.75, 3.05) is 4.72 Å². The highest BCUT2D eigenvalue weighted by atomic mass is 32.2. The van der Waals surface area contributed by atoms with E-state index in [0.29, 0.717) is 0 Å². The van der Waals surface area contributed by atoms with Crippen LogP contribution in [0.5, 0.6) is 0 Å². The lowest BCUT2D eigenvalue weighted by Crippen LogP contribution is -2.17. The Bertz CT molecular complexity index is 768. The van der Waals surface area contributed by atoms with Crippen LogP contribution in [0.15, 0.2) is 40.0 Å². The van der Waals surface area contributed by atoms with Crippen molar-refractivity contribution >= 4 is 15.8 Å². The fourth-order valence-corrected chi connectivity index (χ4v) is 2.52. The molecule has 1 aromatic heterocycles. The van der Waals surface area contributed by atoms with Gasteiger partial charge < -0.3 is 5.11 Å². The topological polar surface area (TPSA) is 112 Å². The first-order chi connectivity index (χ1) is 9.42. The smallest absolute Gasteiger partial charge is 0.266 e. The second-order valence-corrected chi connectivity index (χ2v) is 5.49. The molecule has 20 heavy (non-hydrogen) atoms. The zero-order valence-electron chi connectivity index (χ0n) is 10.00. The number of benzene rings is 1. The van der Waals surface area contributed by atoms with Gasteiger partial charge in [0.1, 0.15) is 10.7 Å². The summed E-state index contributed by atoms with van der Waals surface area (Å²) >= 11 is 0. The highest BCUT2D eigenvalue weighted by Gasteiger charge is 2.20. The summed E-state index contributed by atoms with van der Waals surface area (Å²) in [4.78, 5) is 10.2. The third-order valence-electron chi connectivity index (χ3n) is 2.39. The Hall–Kier alpha value is -2.26. The van der Waals surface area contributed by atoms with E-state index in [1.807, 2.05) is 9.82 Å². The molecule has 0 aliphatic heterocycles. The molecule has 1 aromatic carbocycles. The highest BCUT2D eigenvalue weighted by Crippen LogP contribution is 2.18. The van der Waals surface area contributed by atoms with E-state index in [2.05, 4.69) is 5.10 Å². The lowest BCUT2D eigenvalue weighted by atomic mass is 10.2.